The Morgan fingerprint density at radius 1 is 1.25 bits per heavy atom. The van der Waals surface area contributed by atoms with Crippen LogP contribution in [0.3, 0.4) is 0 Å². The van der Waals surface area contributed by atoms with E-state index in [-0.39, 0.29) is 30.0 Å². The normalized spacial score (nSPS) is 17.0. The zero-order chi connectivity index (χ0) is 22.1. The van der Waals surface area contributed by atoms with E-state index in [1.165, 1.54) is 4.90 Å². The number of alkyl halides is 3. The van der Waals surface area contributed by atoms with Crippen LogP contribution in [-0.4, -0.2) is 54.2 Å². The molecule has 1 saturated heterocycles. The lowest BCUT2D eigenvalue weighted by Gasteiger charge is -2.19. The molecule has 0 spiro atoms. The maximum Gasteiger partial charge on any atom is 0.401 e. The number of aromatic nitrogens is 1. The first kappa shape index (κ1) is 26.2. The van der Waals surface area contributed by atoms with Gasteiger partial charge in [0.25, 0.3) is 0 Å². The number of nitrogens with one attached hydrogen (secondary N) is 2. The van der Waals surface area contributed by atoms with E-state index >= 15 is 0 Å². The van der Waals surface area contributed by atoms with Gasteiger partial charge in [-0.1, -0.05) is 18.2 Å². The molecular formula is C22H29F3IN5O. The number of nitrogens with zero attached hydrogens (tertiary/aromatic N) is 3. The Morgan fingerprint density at radius 3 is 2.81 bits per heavy atom. The van der Waals surface area contributed by atoms with E-state index < -0.39 is 12.7 Å². The number of hydrogen-bond acceptors (Lipinski definition) is 4. The monoisotopic (exact) mass is 563 g/mol. The molecule has 1 aromatic heterocycles. The van der Waals surface area contributed by atoms with Crippen LogP contribution in [0.5, 0.6) is 5.75 Å². The maximum absolute atomic E-state index is 12.6. The predicted molar refractivity (Wildman–Crippen MR) is 129 cm³/mol. The zero-order valence-corrected chi connectivity index (χ0v) is 20.3. The molecule has 32 heavy (non-hydrogen) atoms. The second kappa shape index (κ2) is 12.8. The van der Waals surface area contributed by atoms with Gasteiger partial charge >= 0.3 is 6.18 Å². The quantitative estimate of drug-likeness (QED) is 0.289. The Labute approximate surface area is 203 Å². The SMILES string of the molecule is CCNC(=NCc1cccc(OCc2ccccn2)c1)NC1CCN(CC(F)(F)F)C1.I. The fraction of sp³-hybridized carbons (Fsp3) is 0.455. The Kier molecular flexibility index (Phi) is 10.5. The standard InChI is InChI=1S/C22H28F3N5O.HI/c1-2-26-21(29-18-9-11-30(14-18)16-22(23,24)25)28-13-17-6-5-8-20(12-17)31-15-19-7-3-4-10-27-19;/h3-8,10,12,18H,2,9,11,13-16H2,1H3,(H2,26,28,29);1H. The Hall–Kier alpha value is -2.08. The number of likely N-dealkylation sites (tertiary alicyclic amines) is 1. The maximum atomic E-state index is 12.6. The van der Waals surface area contributed by atoms with Gasteiger partial charge in [-0.15, -0.1) is 24.0 Å². The summed E-state index contributed by atoms with van der Waals surface area (Å²) in [6.45, 7) is 3.33. The van der Waals surface area contributed by atoms with Crippen molar-refractivity contribution in [1.29, 1.82) is 0 Å². The lowest BCUT2D eigenvalue weighted by Crippen LogP contribution is -2.45. The van der Waals surface area contributed by atoms with Crippen LogP contribution in [0, 0.1) is 0 Å². The molecule has 6 nitrogen and oxygen atoms in total. The number of pyridine rings is 1. The summed E-state index contributed by atoms with van der Waals surface area (Å²) in [6, 6.07) is 13.3. The summed E-state index contributed by atoms with van der Waals surface area (Å²) in [7, 11) is 0. The highest BCUT2D eigenvalue weighted by Gasteiger charge is 2.34. The first-order valence-corrected chi connectivity index (χ1v) is 10.4. The molecule has 2 heterocycles. The van der Waals surface area contributed by atoms with Crippen LogP contribution in [0.15, 0.2) is 53.7 Å². The molecule has 0 amide bonds. The Morgan fingerprint density at radius 2 is 2.09 bits per heavy atom. The molecule has 1 aromatic carbocycles. The Balaban J connectivity index is 0.00000363. The lowest BCUT2D eigenvalue weighted by molar-refractivity contribution is -0.143. The molecule has 0 saturated carbocycles. The highest BCUT2D eigenvalue weighted by atomic mass is 127. The van der Waals surface area contributed by atoms with Gasteiger partial charge in [0, 0.05) is 31.9 Å². The van der Waals surface area contributed by atoms with Gasteiger partial charge in [0.15, 0.2) is 5.96 Å². The summed E-state index contributed by atoms with van der Waals surface area (Å²) < 4.78 is 43.6. The van der Waals surface area contributed by atoms with Crippen LogP contribution >= 0.6 is 24.0 Å². The average molecular weight is 563 g/mol. The molecule has 2 aromatic rings. The molecule has 10 heteroatoms. The van der Waals surface area contributed by atoms with E-state index in [4.69, 9.17) is 4.74 Å². The molecule has 176 valence electrons. The number of aliphatic imine (C=N–C) groups is 1. The molecule has 0 radical (unpaired) electrons. The highest BCUT2D eigenvalue weighted by Crippen LogP contribution is 2.20. The van der Waals surface area contributed by atoms with Gasteiger partial charge in [0.05, 0.1) is 18.8 Å². The minimum atomic E-state index is -4.17. The van der Waals surface area contributed by atoms with Gasteiger partial charge in [-0.2, -0.15) is 13.2 Å². The summed E-state index contributed by atoms with van der Waals surface area (Å²) in [5.41, 5.74) is 1.82. The fourth-order valence-electron chi connectivity index (χ4n) is 3.41. The molecule has 1 atom stereocenters. The van der Waals surface area contributed by atoms with Gasteiger partial charge < -0.3 is 15.4 Å². The van der Waals surface area contributed by atoms with Crippen molar-refractivity contribution in [1.82, 2.24) is 20.5 Å². The van der Waals surface area contributed by atoms with Crippen LogP contribution in [0.25, 0.3) is 0 Å². The third kappa shape index (κ3) is 9.19. The van der Waals surface area contributed by atoms with Crippen LogP contribution in [0.2, 0.25) is 0 Å². The van der Waals surface area contributed by atoms with Gasteiger partial charge in [0.1, 0.15) is 12.4 Å². The first-order valence-electron chi connectivity index (χ1n) is 10.4. The second-order valence-electron chi connectivity index (χ2n) is 7.43. The number of guanidine groups is 1. The first-order chi connectivity index (χ1) is 14.9. The third-order valence-corrected chi connectivity index (χ3v) is 4.79. The van der Waals surface area contributed by atoms with E-state index in [2.05, 4.69) is 20.6 Å². The van der Waals surface area contributed by atoms with E-state index in [1.807, 2.05) is 49.4 Å². The lowest BCUT2D eigenvalue weighted by atomic mass is 10.2. The van der Waals surface area contributed by atoms with Gasteiger partial charge in [-0.25, -0.2) is 4.99 Å². The summed E-state index contributed by atoms with van der Waals surface area (Å²) in [5.74, 6) is 1.33. The minimum Gasteiger partial charge on any atom is -0.487 e. The van der Waals surface area contributed by atoms with Crippen LogP contribution in [0.4, 0.5) is 13.2 Å². The summed E-state index contributed by atoms with van der Waals surface area (Å²) in [5, 5.41) is 6.42. The predicted octanol–water partition coefficient (Wildman–Crippen LogP) is 3.97. The third-order valence-electron chi connectivity index (χ3n) is 4.79. The van der Waals surface area contributed by atoms with Gasteiger partial charge in [-0.3, -0.25) is 9.88 Å². The van der Waals surface area contributed by atoms with E-state index in [0.717, 1.165) is 17.0 Å². The van der Waals surface area contributed by atoms with Gasteiger partial charge in [0.2, 0.25) is 0 Å². The van der Waals surface area contributed by atoms with Crippen molar-refractivity contribution < 1.29 is 17.9 Å². The second-order valence-corrected chi connectivity index (χ2v) is 7.43. The molecule has 3 rings (SSSR count). The average Bonchev–Trinajstić information content (AvgIpc) is 3.17. The Bertz CT molecular complexity index is 851. The van der Waals surface area contributed by atoms with Crippen molar-refractivity contribution in [3.05, 3.63) is 59.9 Å². The smallest absolute Gasteiger partial charge is 0.401 e. The molecule has 0 bridgehead atoms. The van der Waals surface area contributed by atoms with Crippen molar-refractivity contribution in [3.63, 3.8) is 0 Å². The molecule has 1 aliphatic rings. The summed E-state index contributed by atoms with van der Waals surface area (Å²) in [6.07, 6.45) is -1.79. The van der Waals surface area contributed by atoms with Crippen LogP contribution in [0.1, 0.15) is 24.6 Å². The van der Waals surface area contributed by atoms with Gasteiger partial charge in [-0.05, 0) is 43.2 Å². The van der Waals surface area contributed by atoms with E-state index in [9.17, 15) is 13.2 Å². The van der Waals surface area contributed by atoms with E-state index in [1.54, 1.807) is 6.20 Å². The highest BCUT2D eigenvalue weighted by molar-refractivity contribution is 14.0. The number of ether oxygens (including phenoxy) is 1. The van der Waals surface area contributed by atoms with Crippen molar-refractivity contribution in [2.75, 3.05) is 26.2 Å². The largest absolute Gasteiger partial charge is 0.487 e. The van der Waals surface area contributed by atoms with Crippen LogP contribution in [-0.2, 0) is 13.2 Å². The number of benzene rings is 1. The minimum absolute atomic E-state index is 0. The summed E-state index contributed by atoms with van der Waals surface area (Å²) >= 11 is 0. The molecule has 1 unspecified atom stereocenters. The topological polar surface area (TPSA) is 61.8 Å². The molecule has 0 aliphatic carbocycles. The molecule has 1 fully saturated rings. The van der Waals surface area contributed by atoms with Crippen molar-refractivity contribution in [3.8, 4) is 5.75 Å². The number of rotatable bonds is 8. The zero-order valence-electron chi connectivity index (χ0n) is 17.9. The molecular weight excluding hydrogens is 534 g/mol. The van der Waals surface area contributed by atoms with Crippen molar-refractivity contribution in [2.45, 2.75) is 38.7 Å². The van der Waals surface area contributed by atoms with Crippen LogP contribution < -0.4 is 15.4 Å². The number of halogens is 4. The number of hydrogen-bond donors (Lipinski definition) is 2. The van der Waals surface area contributed by atoms with Crippen molar-refractivity contribution in [2.24, 2.45) is 4.99 Å². The molecule has 2 N–H and O–H groups in total. The summed E-state index contributed by atoms with van der Waals surface area (Å²) in [4.78, 5) is 10.3. The van der Waals surface area contributed by atoms with E-state index in [0.29, 0.717) is 45.2 Å². The fourth-order valence-corrected chi connectivity index (χ4v) is 3.41. The van der Waals surface area contributed by atoms with Crippen molar-refractivity contribution >= 4 is 29.9 Å². The molecule has 1 aliphatic heterocycles.